The Morgan fingerprint density at radius 2 is 0.955 bits per heavy atom. The molecule has 0 spiro atoms. The molecule has 0 aliphatic heterocycles. The summed E-state index contributed by atoms with van der Waals surface area (Å²) in [6.45, 7) is 0. The maximum absolute atomic E-state index is 4.82. The number of pyridine rings is 2. The summed E-state index contributed by atoms with van der Waals surface area (Å²) >= 11 is -0.443. The number of hydrogen-bond donors (Lipinski definition) is 0. The molecule has 2 aromatic heterocycles. The molecule has 0 unspecified atom stereocenters. The molecule has 2 heterocycles. The Labute approximate surface area is 145 Å². The van der Waals surface area contributed by atoms with Gasteiger partial charge in [-0.1, -0.05) is 0 Å². The van der Waals surface area contributed by atoms with Crippen LogP contribution >= 0.6 is 0 Å². The van der Waals surface area contributed by atoms with Crippen LogP contribution in [-0.2, 0) is 0 Å². The van der Waals surface area contributed by atoms with Gasteiger partial charge < -0.3 is 0 Å². The first kappa shape index (κ1) is 14.4. The summed E-state index contributed by atoms with van der Waals surface area (Å²) in [5.74, 6) is 0. The van der Waals surface area contributed by atoms with Crippen molar-refractivity contribution in [1.82, 2.24) is 9.97 Å². The van der Waals surface area contributed by atoms with E-state index in [0.29, 0.717) is 0 Å². The molecule has 0 amide bonds. The van der Waals surface area contributed by atoms with E-state index in [-0.39, 0.29) is 34.1 Å². The number of hydrogen-bond acceptors (Lipinski definition) is 2. The molecule has 4 heteroatoms. The van der Waals surface area contributed by atoms with Gasteiger partial charge in [-0.25, -0.2) is 0 Å². The molecule has 0 bridgehead atoms. The van der Waals surface area contributed by atoms with E-state index >= 15 is 0 Å². The predicted molar refractivity (Wildman–Crippen MR) is 94.3 cm³/mol. The third kappa shape index (κ3) is 3.12. The van der Waals surface area contributed by atoms with Gasteiger partial charge in [-0.2, -0.15) is 0 Å². The van der Waals surface area contributed by atoms with Gasteiger partial charge in [-0.3, -0.25) is 0 Å². The van der Waals surface area contributed by atoms with Crippen molar-refractivity contribution in [3.63, 3.8) is 0 Å². The summed E-state index contributed by atoms with van der Waals surface area (Å²) in [5, 5.41) is 2.45. The third-order valence-electron chi connectivity index (χ3n) is 3.36. The van der Waals surface area contributed by atoms with Crippen molar-refractivity contribution in [1.29, 1.82) is 0 Å². The first-order valence-electron chi connectivity index (χ1n) is 6.95. The van der Waals surface area contributed by atoms with Gasteiger partial charge in [0.1, 0.15) is 0 Å². The molecule has 2 aromatic carbocycles. The van der Waals surface area contributed by atoms with Crippen molar-refractivity contribution < 1.29 is 0 Å². The van der Waals surface area contributed by atoms with E-state index < -0.39 is 0 Å². The zero-order valence-corrected chi connectivity index (χ0v) is 16.3. The van der Waals surface area contributed by atoms with Crippen LogP contribution in [0.1, 0.15) is 0 Å². The van der Waals surface area contributed by atoms with Gasteiger partial charge in [0.2, 0.25) is 0 Å². The fraction of sp³-hybridized carbons (Fsp3) is 0. The number of para-hydroxylation sites is 2. The van der Waals surface area contributed by atoms with Crippen molar-refractivity contribution in [2.45, 2.75) is 0 Å². The fourth-order valence-electron chi connectivity index (χ4n) is 2.27. The summed E-state index contributed by atoms with van der Waals surface area (Å²) < 4.78 is 2.61. The quantitative estimate of drug-likeness (QED) is 0.394. The summed E-state index contributed by atoms with van der Waals surface area (Å²) in [6.07, 6.45) is 0. The van der Waals surface area contributed by atoms with E-state index in [0.717, 1.165) is 11.0 Å². The molecular formula is C18H12N2Te2. The van der Waals surface area contributed by atoms with Crippen LogP contribution in [0.5, 0.6) is 0 Å². The standard InChI is InChI=1S/C18H12N2Te2/c1-3-7-15-13(5-1)9-11-17(19-15)21-22-18-12-10-14-6-2-4-8-16(14)20-18/h1-12H. The van der Waals surface area contributed by atoms with Gasteiger partial charge in [0.15, 0.2) is 0 Å². The Balaban J connectivity index is 1.57. The van der Waals surface area contributed by atoms with Crippen molar-refractivity contribution in [3.05, 3.63) is 72.8 Å². The van der Waals surface area contributed by atoms with Crippen LogP contribution in [0.2, 0.25) is 0 Å². The molecule has 106 valence electrons. The Hall–Kier alpha value is -1.16. The Bertz CT molecular complexity index is 874. The molecule has 0 saturated carbocycles. The molecule has 0 N–H and O–H groups in total. The first-order chi connectivity index (χ1) is 10.9. The summed E-state index contributed by atoms with van der Waals surface area (Å²) in [4.78, 5) is 9.63. The van der Waals surface area contributed by atoms with Gasteiger partial charge in [0.25, 0.3) is 0 Å². The summed E-state index contributed by atoms with van der Waals surface area (Å²) in [5.41, 5.74) is 2.23. The van der Waals surface area contributed by atoms with Gasteiger partial charge in [0, 0.05) is 0 Å². The predicted octanol–water partition coefficient (Wildman–Crippen LogP) is 2.06. The van der Waals surface area contributed by atoms with Crippen molar-refractivity contribution in [2.24, 2.45) is 0 Å². The van der Waals surface area contributed by atoms with E-state index in [4.69, 9.17) is 9.97 Å². The maximum atomic E-state index is 4.82. The molecule has 0 saturated heterocycles. The molecule has 0 atom stereocenters. The van der Waals surface area contributed by atoms with Crippen LogP contribution in [0.15, 0.2) is 72.8 Å². The first-order valence-corrected chi connectivity index (χ1v) is 16.6. The molecule has 4 aromatic rings. The van der Waals surface area contributed by atoms with Gasteiger partial charge >= 0.3 is 146 Å². The number of benzene rings is 2. The van der Waals surface area contributed by atoms with Crippen LogP contribution in [-0.4, -0.2) is 44.1 Å². The Morgan fingerprint density at radius 3 is 1.45 bits per heavy atom. The normalized spacial score (nSPS) is 11.1. The Kier molecular flexibility index (Phi) is 4.28. The van der Waals surface area contributed by atoms with E-state index in [2.05, 4.69) is 72.8 Å². The van der Waals surface area contributed by atoms with Crippen LogP contribution in [0.4, 0.5) is 0 Å². The molecule has 2 nitrogen and oxygen atoms in total. The average molecular weight is 512 g/mol. The molecule has 0 aliphatic rings. The zero-order chi connectivity index (χ0) is 14.8. The van der Waals surface area contributed by atoms with E-state index in [1.807, 2.05) is 0 Å². The number of fused-ring (bicyclic) bond motifs is 2. The second-order valence-electron chi connectivity index (χ2n) is 4.85. The topological polar surface area (TPSA) is 25.8 Å². The summed E-state index contributed by atoms with van der Waals surface area (Å²) in [6, 6.07) is 25.5. The number of nitrogens with zero attached hydrogens (tertiary/aromatic N) is 2. The van der Waals surface area contributed by atoms with Crippen LogP contribution in [0.3, 0.4) is 0 Å². The van der Waals surface area contributed by atoms with Crippen LogP contribution in [0, 0.1) is 0 Å². The molecule has 4 rings (SSSR count). The molecular weight excluding hydrogens is 499 g/mol. The Morgan fingerprint density at radius 1 is 0.500 bits per heavy atom. The monoisotopic (exact) mass is 516 g/mol. The van der Waals surface area contributed by atoms with E-state index in [1.165, 1.54) is 18.3 Å². The SMILES string of the molecule is c1ccc2nc([Te][Te]c3ccc4ccccc4n3)ccc2c1. The zero-order valence-electron chi connectivity index (χ0n) is 11.6. The second-order valence-corrected chi connectivity index (χ2v) is 14.6. The number of rotatable bonds is 3. The van der Waals surface area contributed by atoms with Crippen LogP contribution in [0.25, 0.3) is 21.8 Å². The molecule has 22 heavy (non-hydrogen) atoms. The second kappa shape index (κ2) is 6.53. The molecule has 0 fully saturated rings. The number of aromatic nitrogens is 2. The minimum absolute atomic E-state index is 0.221. The summed E-state index contributed by atoms with van der Waals surface area (Å²) in [7, 11) is 0. The van der Waals surface area contributed by atoms with Gasteiger partial charge in [-0.15, -0.1) is 0 Å². The van der Waals surface area contributed by atoms with E-state index in [1.54, 1.807) is 0 Å². The average Bonchev–Trinajstić information content (AvgIpc) is 2.59. The van der Waals surface area contributed by atoms with E-state index in [9.17, 15) is 0 Å². The van der Waals surface area contributed by atoms with Crippen molar-refractivity contribution in [2.75, 3.05) is 0 Å². The van der Waals surface area contributed by atoms with Crippen LogP contribution < -0.4 is 7.48 Å². The minimum atomic E-state index is -0.221. The van der Waals surface area contributed by atoms with Gasteiger partial charge in [0.05, 0.1) is 0 Å². The fourth-order valence-corrected chi connectivity index (χ4v) is 11.1. The van der Waals surface area contributed by atoms with Crippen molar-refractivity contribution in [3.8, 4) is 0 Å². The molecule has 0 aliphatic carbocycles. The van der Waals surface area contributed by atoms with Gasteiger partial charge in [-0.05, 0) is 0 Å². The van der Waals surface area contributed by atoms with Crippen molar-refractivity contribution >= 4 is 63.4 Å². The molecule has 0 radical (unpaired) electrons. The third-order valence-corrected chi connectivity index (χ3v) is 14.0.